The number of fused-ring (bicyclic) bond motifs is 2. The lowest BCUT2D eigenvalue weighted by Crippen LogP contribution is -2.31. The third-order valence-electron chi connectivity index (χ3n) is 4.10. The fraction of sp³-hybridized carbons (Fsp3) is 0.188. The molecule has 0 saturated heterocycles. The molecule has 7 heteroatoms. The van der Waals surface area contributed by atoms with Crippen molar-refractivity contribution in [2.75, 3.05) is 0 Å². The number of benzene rings is 2. The molecule has 0 bridgehead atoms. The number of rotatable bonds is 1. The van der Waals surface area contributed by atoms with Gasteiger partial charge in [0.2, 0.25) is 0 Å². The number of ether oxygens (including phenoxy) is 1. The van der Waals surface area contributed by atoms with Crippen LogP contribution in [0.15, 0.2) is 41.3 Å². The molecule has 0 saturated carbocycles. The lowest BCUT2D eigenvalue weighted by atomic mass is 10.1. The zero-order chi connectivity index (χ0) is 16.2. The normalized spacial score (nSPS) is 17.9. The van der Waals surface area contributed by atoms with Crippen LogP contribution in [0.25, 0.3) is 0 Å². The van der Waals surface area contributed by atoms with Crippen molar-refractivity contribution in [3.05, 3.63) is 63.7 Å². The molecule has 0 radical (unpaired) electrons. The molecule has 0 unspecified atom stereocenters. The van der Waals surface area contributed by atoms with Gasteiger partial charge in [-0.05, 0) is 47.0 Å². The van der Waals surface area contributed by atoms with E-state index in [1.54, 1.807) is 18.2 Å². The van der Waals surface area contributed by atoms with E-state index in [4.69, 9.17) is 16.3 Å². The Bertz CT molecular complexity index is 939. The molecule has 5 nitrogen and oxygen atoms in total. The molecule has 1 amide bonds. The van der Waals surface area contributed by atoms with E-state index in [0.29, 0.717) is 29.4 Å². The second-order valence-electron chi connectivity index (χ2n) is 5.55. The minimum atomic E-state index is -3.83. The van der Waals surface area contributed by atoms with Crippen molar-refractivity contribution in [2.45, 2.75) is 24.7 Å². The molecule has 0 aliphatic carbocycles. The van der Waals surface area contributed by atoms with E-state index in [2.05, 4.69) is 0 Å². The first-order valence-corrected chi connectivity index (χ1v) is 8.84. The summed E-state index contributed by atoms with van der Waals surface area (Å²) < 4.78 is 31.4. The topological polar surface area (TPSA) is 63.7 Å². The molecule has 0 atom stereocenters. The summed E-state index contributed by atoms with van der Waals surface area (Å²) in [4.78, 5) is 12.8. The predicted octanol–water partition coefficient (Wildman–Crippen LogP) is 2.71. The van der Waals surface area contributed by atoms with E-state index in [0.717, 1.165) is 15.4 Å². The lowest BCUT2D eigenvalue weighted by molar-refractivity contribution is 0.0860. The molecule has 2 aromatic rings. The quantitative estimate of drug-likeness (QED) is 0.794. The van der Waals surface area contributed by atoms with E-state index >= 15 is 0 Å². The Hall–Kier alpha value is -1.89. The number of sulfonamides is 1. The molecule has 23 heavy (non-hydrogen) atoms. The smallest absolute Gasteiger partial charge is 0.267 e. The first-order valence-electron chi connectivity index (χ1n) is 7.02. The molecule has 2 aliphatic heterocycles. The molecule has 0 N–H and O–H groups in total. The van der Waals surface area contributed by atoms with Crippen molar-refractivity contribution in [3.8, 4) is 0 Å². The van der Waals surface area contributed by atoms with E-state index in [1.165, 1.54) is 12.1 Å². The number of carbonyl (C=O) groups excluding carboxylic acids is 1. The minimum absolute atomic E-state index is 0.00461. The summed E-state index contributed by atoms with van der Waals surface area (Å²) in [6.45, 7) is 0.972. The van der Waals surface area contributed by atoms with Crippen molar-refractivity contribution in [3.63, 3.8) is 0 Å². The van der Waals surface area contributed by atoms with Crippen LogP contribution in [-0.4, -0.2) is 18.6 Å². The highest BCUT2D eigenvalue weighted by Crippen LogP contribution is 2.33. The van der Waals surface area contributed by atoms with Crippen LogP contribution >= 0.6 is 11.6 Å². The van der Waals surface area contributed by atoms with Crippen molar-refractivity contribution in [2.24, 2.45) is 0 Å². The predicted molar refractivity (Wildman–Crippen MR) is 83.4 cm³/mol. The van der Waals surface area contributed by atoms with Crippen molar-refractivity contribution >= 4 is 27.5 Å². The van der Waals surface area contributed by atoms with Gasteiger partial charge < -0.3 is 4.74 Å². The van der Waals surface area contributed by atoms with Gasteiger partial charge in [-0.1, -0.05) is 17.7 Å². The monoisotopic (exact) mass is 349 g/mol. The molecule has 0 fully saturated rings. The molecule has 0 aromatic heterocycles. The van der Waals surface area contributed by atoms with Gasteiger partial charge in [-0.3, -0.25) is 4.79 Å². The molecular formula is C16H12ClNO4S. The van der Waals surface area contributed by atoms with E-state index < -0.39 is 15.9 Å². The van der Waals surface area contributed by atoms with Crippen LogP contribution in [0.5, 0.6) is 0 Å². The Morgan fingerprint density at radius 2 is 1.83 bits per heavy atom. The first kappa shape index (κ1) is 14.7. The summed E-state index contributed by atoms with van der Waals surface area (Å²) in [5, 5.41) is 0.447. The second kappa shape index (κ2) is 5.06. The molecule has 118 valence electrons. The maximum absolute atomic E-state index is 12.7. The van der Waals surface area contributed by atoms with Crippen LogP contribution in [-0.2, 0) is 34.5 Å². The van der Waals surface area contributed by atoms with E-state index in [-0.39, 0.29) is 11.4 Å². The maximum atomic E-state index is 12.7. The number of amides is 1. The van der Waals surface area contributed by atoms with Gasteiger partial charge in [-0.2, -0.15) is 0 Å². The summed E-state index contributed by atoms with van der Waals surface area (Å²) in [7, 11) is -3.83. The van der Waals surface area contributed by atoms with Crippen LogP contribution < -0.4 is 0 Å². The van der Waals surface area contributed by atoms with Gasteiger partial charge in [0.25, 0.3) is 15.9 Å². The number of hydrogen-bond donors (Lipinski definition) is 0. The largest absolute Gasteiger partial charge is 0.372 e. The average molecular weight is 350 g/mol. The van der Waals surface area contributed by atoms with Gasteiger partial charge >= 0.3 is 0 Å². The minimum Gasteiger partial charge on any atom is -0.372 e. The number of hydrogen-bond acceptors (Lipinski definition) is 4. The highest BCUT2D eigenvalue weighted by atomic mass is 35.5. The third-order valence-corrected chi connectivity index (χ3v) is 6.16. The highest BCUT2D eigenvalue weighted by Gasteiger charge is 2.38. The van der Waals surface area contributed by atoms with Crippen LogP contribution in [0.1, 0.15) is 27.0 Å². The Morgan fingerprint density at radius 1 is 1.04 bits per heavy atom. The summed E-state index contributed by atoms with van der Waals surface area (Å²) >= 11 is 5.91. The maximum Gasteiger partial charge on any atom is 0.267 e. The molecule has 4 rings (SSSR count). The first-order chi connectivity index (χ1) is 11.0. The van der Waals surface area contributed by atoms with Crippen molar-refractivity contribution in [1.82, 2.24) is 4.31 Å². The fourth-order valence-corrected chi connectivity index (χ4v) is 4.67. The zero-order valence-corrected chi connectivity index (χ0v) is 13.5. The number of halogens is 1. The third kappa shape index (κ3) is 2.25. The molecule has 0 spiro atoms. The van der Waals surface area contributed by atoms with E-state index in [1.807, 2.05) is 6.07 Å². The molecule has 2 aliphatic rings. The van der Waals surface area contributed by atoms with Gasteiger partial charge in [0, 0.05) is 10.6 Å². The highest BCUT2D eigenvalue weighted by molar-refractivity contribution is 7.90. The molecule has 2 aromatic carbocycles. The Balaban J connectivity index is 1.73. The summed E-state index contributed by atoms with van der Waals surface area (Å²) in [6, 6.07) is 9.69. The second-order valence-corrected chi connectivity index (χ2v) is 7.81. The number of carbonyl (C=O) groups is 1. The summed E-state index contributed by atoms with van der Waals surface area (Å²) in [5.41, 5.74) is 2.83. The van der Waals surface area contributed by atoms with Gasteiger partial charge in [0.1, 0.15) is 0 Å². The van der Waals surface area contributed by atoms with Gasteiger partial charge in [0.15, 0.2) is 0 Å². The summed E-state index contributed by atoms with van der Waals surface area (Å²) in [6.07, 6.45) is 0. The average Bonchev–Trinajstić information content (AvgIpc) is 3.08. The van der Waals surface area contributed by atoms with Crippen LogP contribution in [0.3, 0.4) is 0 Å². The standard InChI is InChI=1S/C16H12ClNO4S/c17-14-3-4-15-12(6-14)7-18(23(15,20)21)16(19)10-1-2-11-8-22-9-13(11)5-10/h1-6H,7-9H2. The Morgan fingerprint density at radius 3 is 2.65 bits per heavy atom. The van der Waals surface area contributed by atoms with Crippen molar-refractivity contribution < 1.29 is 17.9 Å². The zero-order valence-electron chi connectivity index (χ0n) is 12.0. The lowest BCUT2D eigenvalue weighted by Gasteiger charge is -2.15. The van der Waals surface area contributed by atoms with Gasteiger partial charge in [-0.25, -0.2) is 12.7 Å². The molecule has 2 heterocycles. The SMILES string of the molecule is O=C(c1ccc2c(c1)COC2)N1Cc2cc(Cl)ccc2S1(=O)=O. The Kier molecular flexibility index (Phi) is 3.23. The number of nitrogens with zero attached hydrogens (tertiary/aromatic N) is 1. The Labute approximate surface area is 138 Å². The van der Waals surface area contributed by atoms with E-state index in [9.17, 15) is 13.2 Å². The van der Waals surface area contributed by atoms with Crippen molar-refractivity contribution in [1.29, 1.82) is 0 Å². The van der Waals surface area contributed by atoms with Crippen LogP contribution in [0.4, 0.5) is 0 Å². The van der Waals surface area contributed by atoms with Crippen LogP contribution in [0.2, 0.25) is 5.02 Å². The fourth-order valence-electron chi connectivity index (χ4n) is 2.91. The van der Waals surface area contributed by atoms with Gasteiger partial charge in [-0.15, -0.1) is 0 Å². The van der Waals surface area contributed by atoms with Crippen LogP contribution in [0, 0.1) is 0 Å². The molecular weight excluding hydrogens is 338 g/mol. The van der Waals surface area contributed by atoms with Gasteiger partial charge in [0.05, 0.1) is 24.7 Å². The summed E-state index contributed by atoms with van der Waals surface area (Å²) in [5.74, 6) is -0.535.